The summed E-state index contributed by atoms with van der Waals surface area (Å²) in [5, 5.41) is 19.9. The second-order valence-corrected chi connectivity index (χ2v) is 9.86. The molecule has 0 radical (unpaired) electrons. The Balaban J connectivity index is 2.20. The Morgan fingerprint density at radius 2 is 1.79 bits per heavy atom. The average Bonchev–Trinajstić information content (AvgIpc) is 3.12. The molecular formula is C20H24N4O3Se. The number of fused-ring (bicyclic) bond motifs is 1. The summed E-state index contributed by atoms with van der Waals surface area (Å²) >= 11 is -0.142. The number of primary amides is 1. The van der Waals surface area contributed by atoms with Crippen molar-refractivity contribution in [3.63, 3.8) is 0 Å². The minimum atomic E-state index is -0.422. The molecule has 8 heteroatoms. The van der Waals surface area contributed by atoms with E-state index in [4.69, 9.17) is 5.73 Å². The quantitative estimate of drug-likeness (QED) is 0.515. The van der Waals surface area contributed by atoms with Gasteiger partial charge in [-0.3, -0.25) is 0 Å². The number of hydrogen-bond donors (Lipinski definition) is 3. The molecule has 0 aliphatic rings. The zero-order valence-corrected chi connectivity index (χ0v) is 18.1. The van der Waals surface area contributed by atoms with E-state index >= 15 is 0 Å². The topological polar surface area (TPSA) is 113 Å². The van der Waals surface area contributed by atoms with E-state index < -0.39 is 5.91 Å². The molecule has 28 heavy (non-hydrogen) atoms. The Hall–Kier alpha value is -2.25. The van der Waals surface area contributed by atoms with Crippen LogP contribution in [0, 0.1) is 0 Å². The number of aromatic nitrogens is 2. The maximum absolute atomic E-state index is 12.1. The Bertz CT molecular complexity index is 1040. The minimum absolute atomic E-state index is 0.0584. The van der Waals surface area contributed by atoms with Crippen molar-refractivity contribution in [3.05, 3.63) is 44.5 Å². The molecule has 0 atom stereocenters. The normalized spacial score (nSPS) is 11.8. The van der Waals surface area contributed by atoms with E-state index in [0.29, 0.717) is 26.9 Å². The second kappa shape index (κ2) is 7.64. The van der Waals surface area contributed by atoms with Gasteiger partial charge in [0.25, 0.3) is 0 Å². The van der Waals surface area contributed by atoms with Gasteiger partial charge in [0.05, 0.1) is 0 Å². The maximum atomic E-state index is 12.1. The van der Waals surface area contributed by atoms with Crippen LogP contribution >= 0.6 is 0 Å². The number of aliphatic hydroxyl groups is 2. The summed E-state index contributed by atoms with van der Waals surface area (Å²) < 4.78 is 1.80. The van der Waals surface area contributed by atoms with Gasteiger partial charge in [-0.1, -0.05) is 0 Å². The molecule has 0 aliphatic heterocycles. The van der Waals surface area contributed by atoms with Gasteiger partial charge < -0.3 is 0 Å². The average molecular weight is 447 g/mol. The molecule has 2 heterocycles. The van der Waals surface area contributed by atoms with Gasteiger partial charge in [0, 0.05) is 0 Å². The van der Waals surface area contributed by atoms with Gasteiger partial charge in [0.15, 0.2) is 0 Å². The van der Waals surface area contributed by atoms with Crippen LogP contribution in [0.5, 0.6) is 0 Å². The van der Waals surface area contributed by atoms with Crippen molar-refractivity contribution in [2.24, 2.45) is 5.73 Å². The van der Waals surface area contributed by atoms with Crippen molar-refractivity contribution in [2.75, 3.05) is 11.9 Å². The van der Waals surface area contributed by atoms with E-state index in [1.54, 1.807) is 12.1 Å². The van der Waals surface area contributed by atoms with Crippen LogP contribution in [0.25, 0.3) is 10.9 Å². The van der Waals surface area contributed by atoms with Crippen LogP contribution in [-0.2, 0) is 18.6 Å². The van der Waals surface area contributed by atoms with Crippen LogP contribution < -0.4 is 10.6 Å². The number of nitrogens with two attached hydrogens (primary N) is 1. The van der Waals surface area contributed by atoms with Crippen LogP contribution in [0.2, 0.25) is 0 Å². The number of carbonyl (C=O) groups is 1. The fourth-order valence-electron chi connectivity index (χ4n) is 3.03. The first kappa shape index (κ1) is 20.5. The number of aliphatic hydroxyl groups excluding tert-OH is 2. The van der Waals surface area contributed by atoms with Crippen LogP contribution in [0.4, 0.5) is 11.5 Å². The first-order valence-electron chi connectivity index (χ1n) is 8.83. The van der Waals surface area contributed by atoms with Crippen LogP contribution in [-0.4, -0.2) is 47.6 Å². The van der Waals surface area contributed by atoms with Crippen molar-refractivity contribution in [3.8, 4) is 0 Å². The molecule has 148 valence electrons. The standard InChI is InChI=1S/C20H24N4O3Se/c1-20(2,3)16-7-15(17(28-16)18(21)27)24(4)19-13-5-11(8-25)12(9-26)6-14(13)22-10-23-19/h5-7,10,25-26H,8-9H2,1-4H3,(H2,21,27). The fourth-order valence-corrected chi connectivity index (χ4v) is 5.33. The molecule has 4 N–H and O–H groups in total. The molecular weight excluding hydrogens is 423 g/mol. The number of anilines is 2. The molecule has 0 spiro atoms. The molecule has 3 rings (SSSR count). The van der Waals surface area contributed by atoms with Gasteiger partial charge in [-0.2, -0.15) is 0 Å². The third kappa shape index (κ3) is 3.69. The van der Waals surface area contributed by atoms with E-state index in [0.717, 1.165) is 11.1 Å². The Morgan fingerprint density at radius 3 is 2.36 bits per heavy atom. The first-order valence-corrected chi connectivity index (χ1v) is 10.5. The number of amides is 1. The molecule has 0 bridgehead atoms. The van der Waals surface area contributed by atoms with Crippen LogP contribution in [0.1, 0.15) is 45.6 Å². The summed E-state index contributed by atoms with van der Waals surface area (Å²) in [7, 11) is 1.84. The molecule has 0 aliphatic carbocycles. The SMILES string of the molecule is CN(c1cc(C(C)(C)C)[se]c1C(N)=O)c1ncnc2cc(CO)c(CO)cc12. The molecule has 0 saturated heterocycles. The number of benzene rings is 1. The Kier molecular flexibility index (Phi) is 5.59. The van der Waals surface area contributed by atoms with Crippen molar-refractivity contribution < 1.29 is 15.0 Å². The van der Waals surface area contributed by atoms with Crippen LogP contribution in [0.3, 0.4) is 0 Å². The van der Waals surface area contributed by atoms with Gasteiger partial charge >= 0.3 is 169 Å². The molecule has 1 aromatic carbocycles. The van der Waals surface area contributed by atoms with Gasteiger partial charge in [0.2, 0.25) is 0 Å². The van der Waals surface area contributed by atoms with E-state index in [1.165, 1.54) is 10.8 Å². The third-order valence-corrected chi connectivity index (χ3v) is 7.91. The number of hydrogen-bond acceptors (Lipinski definition) is 6. The summed E-state index contributed by atoms with van der Waals surface area (Å²) in [5.41, 5.74) is 8.25. The monoisotopic (exact) mass is 448 g/mol. The number of nitrogens with zero attached hydrogens (tertiary/aromatic N) is 3. The van der Waals surface area contributed by atoms with E-state index in [2.05, 4.69) is 30.7 Å². The van der Waals surface area contributed by atoms with E-state index in [1.807, 2.05) is 18.0 Å². The molecule has 3 aromatic rings. The second-order valence-electron chi connectivity index (χ2n) is 7.65. The molecule has 0 saturated carbocycles. The summed E-state index contributed by atoms with van der Waals surface area (Å²) in [6.07, 6.45) is 1.45. The van der Waals surface area contributed by atoms with Crippen molar-refractivity contribution in [1.82, 2.24) is 9.97 Å². The summed E-state index contributed by atoms with van der Waals surface area (Å²) in [6.45, 7) is 5.97. The summed E-state index contributed by atoms with van der Waals surface area (Å²) in [4.78, 5) is 22.7. The summed E-state index contributed by atoms with van der Waals surface area (Å²) in [6, 6.07) is 5.56. The van der Waals surface area contributed by atoms with Crippen LogP contribution in [0.15, 0.2) is 24.5 Å². The van der Waals surface area contributed by atoms with Crippen molar-refractivity contribution in [2.45, 2.75) is 39.4 Å². The summed E-state index contributed by atoms with van der Waals surface area (Å²) in [5.74, 6) is 0.189. The number of carbonyl (C=O) groups excluding carboxylic acids is 1. The zero-order chi connectivity index (χ0) is 20.6. The first-order chi connectivity index (χ1) is 13.2. The van der Waals surface area contributed by atoms with Gasteiger partial charge in [-0.05, 0) is 0 Å². The van der Waals surface area contributed by atoms with Gasteiger partial charge in [-0.25, -0.2) is 0 Å². The third-order valence-electron chi connectivity index (χ3n) is 4.63. The molecule has 7 nitrogen and oxygen atoms in total. The Labute approximate surface area is 169 Å². The van der Waals surface area contributed by atoms with Crippen molar-refractivity contribution in [1.29, 1.82) is 0 Å². The molecule has 0 fully saturated rings. The van der Waals surface area contributed by atoms with Gasteiger partial charge in [0.1, 0.15) is 0 Å². The Morgan fingerprint density at radius 1 is 1.14 bits per heavy atom. The van der Waals surface area contributed by atoms with E-state index in [-0.39, 0.29) is 33.1 Å². The fraction of sp³-hybridized carbons (Fsp3) is 0.350. The molecule has 2 aromatic heterocycles. The number of rotatable bonds is 5. The predicted molar refractivity (Wildman–Crippen MR) is 110 cm³/mol. The molecule has 1 amide bonds. The van der Waals surface area contributed by atoms with Crippen molar-refractivity contribution >= 4 is 42.8 Å². The predicted octanol–water partition coefficient (Wildman–Crippen LogP) is 1.84. The molecule has 0 unspecified atom stereocenters. The zero-order valence-electron chi connectivity index (χ0n) is 16.4. The van der Waals surface area contributed by atoms with Gasteiger partial charge in [-0.15, -0.1) is 0 Å². The van der Waals surface area contributed by atoms with E-state index in [9.17, 15) is 15.0 Å².